The van der Waals surface area contributed by atoms with Crippen LogP contribution in [0.4, 0.5) is 0 Å². The molecule has 0 saturated heterocycles. The van der Waals surface area contributed by atoms with Crippen molar-refractivity contribution in [2.45, 2.75) is 46.6 Å². The first-order valence-corrected chi connectivity index (χ1v) is 7.50. The van der Waals surface area contributed by atoms with Gasteiger partial charge in [0.25, 0.3) is 0 Å². The highest BCUT2D eigenvalue weighted by atomic mass is 16.5. The van der Waals surface area contributed by atoms with E-state index in [4.69, 9.17) is 9.47 Å². The van der Waals surface area contributed by atoms with Gasteiger partial charge in [-0.15, -0.1) is 0 Å². The Morgan fingerprint density at radius 2 is 1.90 bits per heavy atom. The maximum Gasteiger partial charge on any atom is 0.191 e. The third kappa shape index (κ3) is 9.15. The predicted molar refractivity (Wildman–Crippen MR) is 85.3 cm³/mol. The van der Waals surface area contributed by atoms with E-state index in [1.54, 1.807) is 14.2 Å². The number of hydrogen-bond acceptors (Lipinski definition) is 3. The summed E-state index contributed by atoms with van der Waals surface area (Å²) in [6.07, 6.45) is 2.43. The molecular weight excluding hydrogens is 254 g/mol. The van der Waals surface area contributed by atoms with E-state index in [0.717, 1.165) is 32.1 Å². The topological polar surface area (TPSA) is 54.9 Å². The SMILES string of the molecule is CCCCOCCNC(=NC)NCC(OC)C(C)(C)C. The molecule has 0 rings (SSSR count). The van der Waals surface area contributed by atoms with Crippen LogP contribution < -0.4 is 10.6 Å². The van der Waals surface area contributed by atoms with Crippen molar-refractivity contribution in [2.24, 2.45) is 10.4 Å². The predicted octanol–water partition coefficient (Wildman–Crippen LogP) is 2.03. The van der Waals surface area contributed by atoms with Crippen LogP contribution in [-0.4, -0.2) is 52.5 Å². The van der Waals surface area contributed by atoms with Gasteiger partial charge in [0.15, 0.2) is 5.96 Å². The Kier molecular flexibility index (Phi) is 10.5. The number of hydrogen-bond donors (Lipinski definition) is 2. The normalized spacial score (nSPS) is 14.2. The molecule has 0 aromatic rings. The maximum atomic E-state index is 5.51. The molecule has 5 heteroatoms. The minimum atomic E-state index is 0.101. The van der Waals surface area contributed by atoms with Crippen LogP contribution in [0.2, 0.25) is 0 Å². The van der Waals surface area contributed by atoms with Crippen LogP contribution in [0.5, 0.6) is 0 Å². The van der Waals surface area contributed by atoms with Crippen LogP contribution >= 0.6 is 0 Å². The zero-order valence-corrected chi connectivity index (χ0v) is 14.1. The number of aliphatic imine (C=N–C) groups is 1. The molecule has 0 heterocycles. The van der Waals surface area contributed by atoms with Crippen LogP contribution in [-0.2, 0) is 9.47 Å². The molecule has 0 aromatic carbocycles. The Hall–Kier alpha value is -0.810. The van der Waals surface area contributed by atoms with Crippen molar-refractivity contribution in [2.75, 3.05) is 40.5 Å². The van der Waals surface area contributed by atoms with Crippen LogP contribution in [0.3, 0.4) is 0 Å². The summed E-state index contributed by atoms with van der Waals surface area (Å²) in [7, 11) is 3.52. The van der Waals surface area contributed by atoms with E-state index in [2.05, 4.69) is 43.3 Å². The molecule has 0 bridgehead atoms. The lowest BCUT2D eigenvalue weighted by Gasteiger charge is -2.30. The van der Waals surface area contributed by atoms with Crippen molar-refractivity contribution < 1.29 is 9.47 Å². The smallest absolute Gasteiger partial charge is 0.191 e. The van der Waals surface area contributed by atoms with Crippen LogP contribution in [0, 0.1) is 5.41 Å². The maximum absolute atomic E-state index is 5.51. The molecular formula is C15H33N3O2. The molecule has 2 N–H and O–H groups in total. The van der Waals surface area contributed by atoms with E-state index in [0.29, 0.717) is 6.61 Å². The van der Waals surface area contributed by atoms with Gasteiger partial charge in [-0.05, 0) is 11.8 Å². The van der Waals surface area contributed by atoms with E-state index < -0.39 is 0 Å². The van der Waals surface area contributed by atoms with Gasteiger partial charge in [-0.3, -0.25) is 4.99 Å². The van der Waals surface area contributed by atoms with E-state index in [9.17, 15) is 0 Å². The Morgan fingerprint density at radius 1 is 1.20 bits per heavy atom. The second kappa shape index (κ2) is 10.9. The molecule has 1 atom stereocenters. The van der Waals surface area contributed by atoms with Gasteiger partial charge >= 0.3 is 0 Å². The van der Waals surface area contributed by atoms with Gasteiger partial charge in [0.05, 0.1) is 12.7 Å². The molecule has 0 aliphatic carbocycles. The number of ether oxygens (including phenoxy) is 2. The van der Waals surface area contributed by atoms with E-state index in [1.807, 2.05) is 0 Å². The van der Waals surface area contributed by atoms with Crippen LogP contribution in [0.15, 0.2) is 4.99 Å². The van der Waals surface area contributed by atoms with Crippen molar-refractivity contribution in [3.8, 4) is 0 Å². The Labute approximate surface area is 124 Å². The molecule has 20 heavy (non-hydrogen) atoms. The highest BCUT2D eigenvalue weighted by Crippen LogP contribution is 2.20. The Bertz CT molecular complexity index is 262. The van der Waals surface area contributed by atoms with Crippen LogP contribution in [0.1, 0.15) is 40.5 Å². The molecule has 120 valence electrons. The van der Waals surface area contributed by atoms with Crippen molar-refractivity contribution in [1.82, 2.24) is 10.6 Å². The van der Waals surface area contributed by atoms with E-state index >= 15 is 0 Å². The molecule has 0 spiro atoms. The van der Waals surface area contributed by atoms with E-state index in [1.165, 1.54) is 6.42 Å². The molecule has 0 radical (unpaired) electrons. The minimum Gasteiger partial charge on any atom is -0.380 e. The zero-order chi connectivity index (χ0) is 15.4. The average molecular weight is 287 g/mol. The summed E-state index contributed by atoms with van der Waals surface area (Å²) in [6.45, 7) is 11.7. The van der Waals surface area contributed by atoms with Gasteiger partial charge in [0.2, 0.25) is 0 Å². The monoisotopic (exact) mass is 287 g/mol. The largest absolute Gasteiger partial charge is 0.380 e. The highest BCUT2D eigenvalue weighted by molar-refractivity contribution is 5.79. The quantitative estimate of drug-likeness (QED) is 0.387. The summed E-state index contributed by atoms with van der Waals surface area (Å²) in [5.74, 6) is 0.787. The number of rotatable bonds is 9. The van der Waals surface area contributed by atoms with E-state index in [-0.39, 0.29) is 11.5 Å². The summed E-state index contributed by atoms with van der Waals surface area (Å²) in [5.41, 5.74) is 0.101. The number of nitrogens with zero attached hydrogens (tertiary/aromatic N) is 1. The summed E-state index contributed by atoms with van der Waals surface area (Å²) >= 11 is 0. The summed E-state index contributed by atoms with van der Waals surface area (Å²) in [6, 6.07) is 0. The number of unbranched alkanes of at least 4 members (excludes halogenated alkanes) is 1. The van der Waals surface area contributed by atoms with Crippen molar-refractivity contribution in [3.05, 3.63) is 0 Å². The zero-order valence-electron chi connectivity index (χ0n) is 14.1. The highest BCUT2D eigenvalue weighted by Gasteiger charge is 2.24. The molecule has 0 amide bonds. The van der Waals surface area contributed by atoms with Gasteiger partial charge in [-0.2, -0.15) is 0 Å². The van der Waals surface area contributed by atoms with Crippen molar-refractivity contribution >= 4 is 5.96 Å². The molecule has 0 saturated carbocycles. The fourth-order valence-corrected chi connectivity index (χ4v) is 1.74. The van der Waals surface area contributed by atoms with Gasteiger partial charge in [-0.1, -0.05) is 34.1 Å². The second-order valence-electron chi connectivity index (χ2n) is 5.94. The standard InChI is InChI=1S/C15H33N3O2/c1-7-8-10-20-11-9-17-14(16-5)18-12-13(19-6)15(2,3)4/h13H,7-12H2,1-6H3,(H2,16,17,18). The molecule has 0 aliphatic rings. The molecule has 0 aromatic heterocycles. The first-order valence-electron chi connectivity index (χ1n) is 7.50. The Balaban J connectivity index is 3.88. The Morgan fingerprint density at radius 3 is 2.40 bits per heavy atom. The third-order valence-electron chi connectivity index (χ3n) is 3.11. The lowest BCUT2D eigenvalue weighted by atomic mass is 9.89. The summed E-state index contributed by atoms with van der Waals surface area (Å²) < 4.78 is 11.0. The van der Waals surface area contributed by atoms with Gasteiger partial charge in [0.1, 0.15) is 0 Å². The third-order valence-corrected chi connectivity index (χ3v) is 3.11. The fraction of sp³-hybridized carbons (Fsp3) is 0.933. The first-order chi connectivity index (χ1) is 9.45. The minimum absolute atomic E-state index is 0.101. The summed E-state index contributed by atoms with van der Waals surface area (Å²) in [5, 5.41) is 6.52. The van der Waals surface area contributed by atoms with Crippen molar-refractivity contribution in [3.63, 3.8) is 0 Å². The second-order valence-corrected chi connectivity index (χ2v) is 5.94. The lowest BCUT2D eigenvalue weighted by Crippen LogP contribution is -2.46. The summed E-state index contributed by atoms with van der Waals surface area (Å²) in [4.78, 5) is 4.19. The number of guanidine groups is 1. The fourth-order valence-electron chi connectivity index (χ4n) is 1.74. The van der Waals surface area contributed by atoms with Gasteiger partial charge in [0, 0.05) is 33.9 Å². The van der Waals surface area contributed by atoms with Crippen LogP contribution in [0.25, 0.3) is 0 Å². The average Bonchev–Trinajstić information content (AvgIpc) is 2.39. The first kappa shape index (κ1) is 19.2. The molecule has 0 fully saturated rings. The van der Waals surface area contributed by atoms with Gasteiger partial charge in [-0.25, -0.2) is 0 Å². The van der Waals surface area contributed by atoms with Crippen molar-refractivity contribution in [1.29, 1.82) is 0 Å². The molecule has 0 aliphatic heterocycles. The molecule has 5 nitrogen and oxygen atoms in total. The lowest BCUT2D eigenvalue weighted by molar-refractivity contribution is 0.0205. The van der Waals surface area contributed by atoms with Gasteiger partial charge < -0.3 is 20.1 Å². The molecule has 1 unspecified atom stereocenters. The number of methoxy groups -OCH3 is 1. The number of nitrogens with one attached hydrogen (secondary N) is 2.